The molecule has 1 aliphatic rings. The Morgan fingerprint density at radius 1 is 0.638 bits per heavy atom. The summed E-state index contributed by atoms with van der Waals surface area (Å²) in [7, 11) is 0. The first kappa shape index (κ1) is 43.5. The first-order valence-electron chi connectivity index (χ1n) is 18.8. The van der Waals surface area contributed by atoms with Crippen LogP contribution in [0.15, 0.2) is 12.2 Å². The van der Waals surface area contributed by atoms with E-state index in [9.17, 15) is 30.0 Å². The average molecular weight is 673 g/mol. The largest absolute Gasteiger partial charge is 0.462 e. The van der Waals surface area contributed by atoms with Crippen LogP contribution in [0.1, 0.15) is 155 Å². The van der Waals surface area contributed by atoms with Crippen LogP contribution in [0.2, 0.25) is 0 Å². The molecule has 1 fully saturated rings. The van der Waals surface area contributed by atoms with Crippen LogP contribution in [0.25, 0.3) is 0 Å². The third-order valence-corrected chi connectivity index (χ3v) is 8.65. The zero-order valence-corrected chi connectivity index (χ0v) is 29.5. The van der Waals surface area contributed by atoms with Crippen molar-refractivity contribution in [1.29, 1.82) is 0 Å². The van der Waals surface area contributed by atoms with Crippen molar-refractivity contribution in [3.05, 3.63) is 12.2 Å². The fourth-order valence-electron chi connectivity index (χ4n) is 5.58. The van der Waals surface area contributed by atoms with E-state index in [1.54, 1.807) is 0 Å². The smallest absolute Gasteiger partial charge is 0.306 e. The highest BCUT2D eigenvalue weighted by molar-refractivity contribution is 5.70. The third-order valence-electron chi connectivity index (χ3n) is 8.65. The van der Waals surface area contributed by atoms with Gasteiger partial charge in [-0.3, -0.25) is 9.59 Å². The molecule has 0 bridgehead atoms. The summed E-state index contributed by atoms with van der Waals surface area (Å²) in [4.78, 5) is 25.0. The van der Waals surface area contributed by atoms with Crippen LogP contribution < -0.4 is 0 Å². The summed E-state index contributed by atoms with van der Waals surface area (Å²) >= 11 is 0. The third kappa shape index (κ3) is 21.9. The molecule has 4 N–H and O–H groups in total. The molecule has 6 atom stereocenters. The number of esters is 2. The Bertz CT molecular complexity index is 789. The van der Waals surface area contributed by atoms with E-state index in [0.717, 1.165) is 44.9 Å². The van der Waals surface area contributed by atoms with Crippen molar-refractivity contribution in [3.63, 3.8) is 0 Å². The number of carbonyl (C=O) groups is 2. The first-order chi connectivity index (χ1) is 22.8. The fourth-order valence-corrected chi connectivity index (χ4v) is 5.58. The van der Waals surface area contributed by atoms with Crippen LogP contribution in [-0.2, 0) is 28.5 Å². The average Bonchev–Trinajstić information content (AvgIpc) is 3.06. The van der Waals surface area contributed by atoms with Crippen molar-refractivity contribution in [2.24, 2.45) is 0 Å². The maximum Gasteiger partial charge on any atom is 0.306 e. The number of aliphatic hydroxyl groups is 4. The van der Waals surface area contributed by atoms with E-state index in [2.05, 4.69) is 26.0 Å². The molecule has 0 amide bonds. The van der Waals surface area contributed by atoms with Gasteiger partial charge >= 0.3 is 11.9 Å². The Morgan fingerprint density at radius 3 is 1.72 bits per heavy atom. The summed E-state index contributed by atoms with van der Waals surface area (Å²) in [6, 6.07) is 0. The molecule has 0 aromatic heterocycles. The number of aliphatic hydroxyl groups excluding tert-OH is 4. The molecular formula is C37H68O10. The molecule has 0 aromatic rings. The summed E-state index contributed by atoms with van der Waals surface area (Å²) in [5.41, 5.74) is 0. The van der Waals surface area contributed by atoms with Crippen LogP contribution >= 0.6 is 0 Å². The van der Waals surface area contributed by atoms with Crippen molar-refractivity contribution in [1.82, 2.24) is 0 Å². The van der Waals surface area contributed by atoms with Gasteiger partial charge in [-0.2, -0.15) is 0 Å². The van der Waals surface area contributed by atoms with E-state index in [4.69, 9.17) is 18.9 Å². The lowest BCUT2D eigenvalue weighted by Crippen LogP contribution is -2.59. The Kier molecular flexibility index (Phi) is 27.2. The molecule has 0 spiro atoms. The quantitative estimate of drug-likeness (QED) is 0.0381. The highest BCUT2D eigenvalue weighted by Crippen LogP contribution is 2.22. The number of carbonyl (C=O) groups excluding carboxylic acids is 2. The second kappa shape index (κ2) is 29.4. The van der Waals surface area contributed by atoms with Gasteiger partial charge in [-0.05, 0) is 32.1 Å². The monoisotopic (exact) mass is 672 g/mol. The molecule has 0 saturated carbocycles. The van der Waals surface area contributed by atoms with E-state index < -0.39 is 49.4 Å². The second-order valence-corrected chi connectivity index (χ2v) is 13.0. The SMILES string of the molecule is CCCC/C=C/CCCCCCCCCCCC(=O)O[C@H](COC(=O)CCCCCCCCC)CO[C@H]1O[C@@H](CO)[C@@H](O)C(O)C1O. The van der Waals surface area contributed by atoms with Crippen molar-refractivity contribution < 1.29 is 49.0 Å². The maximum absolute atomic E-state index is 12.7. The van der Waals surface area contributed by atoms with Gasteiger partial charge in [0.15, 0.2) is 12.4 Å². The van der Waals surface area contributed by atoms with Gasteiger partial charge in [-0.15, -0.1) is 0 Å². The Labute approximate surface area is 284 Å². The predicted molar refractivity (Wildman–Crippen MR) is 183 cm³/mol. The molecule has 2 unspecified atom stereocenters. The summed E-state index contributed by atoms with van der Waals surface area (Å²) < 4.78 is 22.0. The summed E-state index contributed by atoms with van der Waals surface area (Å²) in [6.07, 6.45) is 19.6. The lowest BCUT2D eigenvalue weighted by atomic mass is 9.99. The number of unbranched alkanes of at least 4 members (excludes halogenated alkanes) is 17. The van der Waals surface area contributed by atoms with E-state index >= 15 is 0 Å². The van der Waals surface area contributed by atoms with Gasteiger partial charge in [-0.25, -0.2) is 0 Å². The van der Waals surface area contributed by atoms with Crippen LogP contribution in [-0.4, -0.2) is 89.0 Å². The predicted octanol–water partition coefficient (Wildman–Crippen LogP) is 6.44. The minimum Gasteiger partial charge on any atom is -0.462 e. The zero-order chi connectivity index (χ0) is 34.5. The summed E-state index contributed by atoms with van der Waals surface area (Å²) in [6.45, 7) is 3.32. The Morgan fingerprint density at radius 2 is 1.15 bits per heavy atom. The lowest BCUT2D eigenvalue weighted by Gasteiger charge is -2.39. The lowest BCUT2D eigenvalue weighted by molar-refractivity contribution is -0.305. The molecule has 0 aromatic carbocycles. The van der Waals surface area contributed by atoms with E-state index in [-0.39, 0.29) is 32.0 Å². The number of rotatable bonds is 30. The molecule has 10 heteroatoms. The molecule has 276 valence electrons. The topological polar surface area (TPSA) is 152 Å². The highest BCUT2D eigenvalue weighted by Gasteiger charge is 2.44. The van der Waals surface area contributed by atoms with Crippen molar-refractivity contribution >= 4 is 11.9 Å². The summed E-state index contributed by atoms with van der Waals surface area (Å²) in [5.74, 6) is -0.814. The minimum absolute atomic E-state index is 0.215. The number of hydrogen-bond acceptors (Lipinski definition) is 10. The van der Waals surface area contributed by atoms with Gasteiger partial charge in [0.1, 0.15) is 31.0 Å². The molecule has 0 radical (unpaired) electrons. The first-order valence-corrected chi connectivity index (χ1v) is 18.8. The summed E-state index contributed by atoms with van der Waals surface area (Å²) in [5, 5.41) is 39.8. The van der Waals surface area contributed by atoms with Crippen LogP contribution in [0.3, 0.4) is 0 Å². The molecule has 47 heavy (non-hydrogen) atoms. The molecule has 10 nitrogen and oxygen atoms in total. The molecule has 1 heterocycles. The molecule has 1 rings (SSSR count). The highest BCUT2D eigenvalue weighted by atomic mass is 16.7. The van der Waals surface area contributed by atoms with Gasteiger partial charge in [-0.1, -0.05) is 122 Å². The standard InChI is InChI=1S/C37H68O10/c1-3-5-7-9-11-12-13-14-15-16-17-18-20-22-24-26-33(40)46-30(28-44-32(39)25-23-21-19-10-8-6-4-2)29-45-37-36(43)35(42)34(41)31(27-38)47-37/h9,11,30-31,34-38,41-43H,3-8,10,12-29H2,1-2H3/b11-9+/t30-,31+,34-,35?,36?,37+/m1/s1. The Balaban J connectivity index is 2.37. The maximum atomic E-state index is 12.7. The van der Waals surface area contributed by atoms with Crippen molar-refractivity contribution in [3.8, 4) is 0 Å². The number of ether oxygens (including phenoxy) is 4. The van der Waals surface area contributed by atoms with Gasteiger partial charge in [0.05, 0.1) is 13.2 Å². The normalized spacial score (nSPS) is 22.0. The molecule has 0 aliphatic carbocycles. The van der Waals surface area contributed by atoms with E-state index in [0.29, 0.717) is 6.42 Å². The Hall–Kier alpha value is -1.56. The second-order valence-electron chi connectivity index (χ2n) is 13.0. The molecule has 1 aliphatic heterocycles. The van der Waals surface area contributed by atoms with Crippen LogP contribution in [0.5, 0.6) is 0 Å². The molecule has 1 saturated heterocycles. The van der Waals surface area contributed by atoms with Crippen molar-refractivity contribution in [2.45, 2.75) is 192 Å². The van der Waals surface area contributed by atoms with Crippen molar-refractivity contribution in [2.75, 3.05) is 19.8 Å². The number of hydrogen-bond donors (Lipinski definition) is 4. The fraction of sp³-hybridized carbons (Fsp3) is 0.892. The van der Waals surface area contributed by atoms with Gasteiger partial charge in [0.25, 0.3) is 0 Å². The zero-order valence-electron chi connectivity index (χ0n) is 29.5. The van der Waals surface area contributed by atoms with Gasteiger partial charge in [0, 0.05) is 12.8 Å². The van der Waals surface area contributed by atoms with Crippen LogP contribution in [0, 0.1) is 0 Å². The van der Waals surface area contributed by atoms with Gasteiger partial charge < -0.3 is 39.4 Å². The van der Waals surface area contributed by atoms with E-state index in [1.807, 2.05) is 0 Å². The molecular weight excluding hydrogens is 604 g/mol. The van der Waals surface area contributed by atoms with Gasteiger partial charge in [0.2, 0.25) is 0 Å². The van der Waals surface area contributed by atoms with E-state index in [1.165, 1.54) is 77.0 Å². The van der Waals surface area contributed by atoms with Crippen LogP contribution in [0.4, 0.5) is 0 Å². The minimum atomic E-state index is -1.59. The number of allylic oxidation sites excluding steroid dienone is 2.